The number of amides is 5. The molecule has 0 radical (unpaired) electrons. The van der Waals surface area contributed by atoms with Gasteiger partial charge < -0.3 is 58.1 Å². The lowest BCUT2D eigenvalue weighted by Crippen LogP contribution is -2.51. The Kier molecular flexibility index (Phi) is 22.8. The number of anilines is 1. The number of carbonyl (C=O) groups is 12. The minimum Gasteiger partial charge on any atom is -0.484 e. The normalized spacial score (nSPS) is 20.2. The van der Waals surface area contributed by atoms with Crippen LogP contribution in [-0.2, 0) is 47.6 Å². The lowest BCUT2D eigenvalue weighted by atomic mass is 9.90. The Hall–Kier alpha value is -11.0. The summed E-state index contributed by atoms with van der Waals surface area (Å²) in [4.78, 5) is 161. The van der Waals surface area contributed by atoms with Crippen molar-refractivity contribution in [3.8, 4) is 5.75 Å². The molecular weight excluding hydrogens is 1550 g/mol. The van der Waals surface area contributed by atoms with Crippen LogP contribution < -0.4 is 10.1 Å². The molecule has 1 aromatic heterocycles. The summed E-state index contributed by atoms with van der Waals surface area (Å²) in [6.07, 6.45) is 6.86. The molecule has 18 rings (SSSR count). The van der Waals surface area contributed by atoms with E-state index in [1.54, 1.807) is 86.5 Å². The fourth-order valence-corrected chi connectivity index (χ4v) is 20.4. The zero-order valence-electron chi connectivity index (χ0n) is 63.2. The maximum Gasteiger partial charge on any atom is 0.415 e. The minimum absolute atomic E-state index is 0.160. The number of ketones is 8. The predicted molar refractivity (Wildman–Crippen MR) is 432 cm³/mol. The molecule has 25 nitrogen and oxygen atoms in total. The lowest BCUT2D eigenvalue weighted by molar-refractivity contribution is -0.112. The van der Waals surface area contributed by atoms with Crippen LogP contribution in [0.5, 0.6) is 5.75 Å². The van der Waals surface area contributed by atoms with Crippen molar-refractivity contribution in [2.45, 2.75) is 94.5 Å². The summed E-state index contributed by atoms with van der Waals surface area (Å²) >= 11 is 5.57. The molecule has 8 aliphatic heterocycles. The van der Waals surface area contributed by atoms with Crippen molar-refractivity contribution in [1.82, 2.24) is 24.6 Å². The van der Waals surface area contributed by atoms with Crippen molar-refractivity contribution in [3.05, 3.63) is 228 Å². The van der Waals surface area contributed by atoms with Gasteiger partial charge in [-0.1, -0.05) is 136 Å². The van der Waals surface area contributed by atoms with E-state index in [-0.39, 0.29) is 18.2 Å². The Morgan fingerprint density at radius 2 is 0.739 bits per heavy atom. The number of aryl methyl sites for hydroxylation is 1. The molecule has 1 N–H and O–H groups in total. The zero-order chi connectivity index (χ0) is 80.5. The number of likely N-dealkylation sites (tertiary alicyclic amines) is 4. The van der Waals surface area contributed by atoms with E-state index in [0.29, 0.717) is 238 Å². The number of ether oxygens (including phenoxy) is 7. The molecule has 0 saturated carbocycles. The van der Waals surface area contributed by atoms with Crippen molar-refractivity contribution in [2.75, 3.05) is 87.3 Å². The molecule has 5 aromatic carbocycles. The summed E-state index contributed by atoms with van der Waals surface area (Å²) in [7, 11) is 0. The Morgan fingerprint density at radius 3 is 1.06 bits per heavy atom. The first-order valence-corrected chi connectivity index (χ1v) is 41.9. The maximum absolute atomic E-state index is 12.6. The van der Waals surface area contributed by atoms with Gasteiger partial charge >= 0.3 is 24.3 Å². The molecule has 0 bridgehead atoms. The van der Waals surface area contributed by atoms with Gasteiger partial charge in [-0.05, 0) is 37.1 Å². The summed E-state index contributed by atoms with van der Waals surface area (Å²) in [6, 6.07) is 40.8. The number of rotatable bonds is 5. The molecule has 5 amide bonds. The first-order chi connectivity index (χ1) is 55.5. The van der Waals surface area contributed by atoms with Crippen LogP contribution in [0.15, 0.2) is 178 Å². The predicted octanol–water partition coefficient (Wildman–Crippen LogP) is 14.1. The largest absolute Gasteiger partial charge is 0.484 e. The number of hydrogen-bond donors (Lipinski definition) is 1. The van der Waals surface area contributed by atoms with E-state index in [2.05, 4.69) is 16.9 Å². The molecule has 9 heterocycles. The molecule has 0 atom stereocenters. The summed E-state index contributed by atoms with van der Waals surface area (Å²) in [5.74, 6) is 1.35. The van der Waals surface area contributed by atoms with Gasteiger partial charge in [-0.2, -0.15) is 0 Å². The van der Waals surface area contributed by atoms with Crippen LogP contribution >= 0.6 is 47.0 Å². The van der Waals surface area contributed by atoms with Crippen LogP contribution in [-0.4, -0.2) is 200 Å². The van der Waals surface area contributed by atoms with E-state index in [1.165, 1.54) is 47.0 Å². The SMILES string of the molecule is C=COC(=O)N1CCC2(CC1)CSC1=C(O2)c2ccccc2C(=O)C1=O.CC(C)COC(=O)N1CCC2(CC1)CSC1=C(O2)c2ccccc2C(=O)C1=O.Cc1ccc(NC(=O)N2CCC3(CC2)CSC2=C(O3)c3ccccc3C(=O)C2=O)cn1.O=C1C(=O)c2ccccc2C2=C1SCC1(CCN(C(=O)Oc3ccccc3)CC1)O2. The molecule has 0 unspecified atom stereocenters. The average Bonchev–Trinajstić information content (AvgIpc) is 0.759. The van der Waals surface area contributed by atoms with Crippen molar-refractivity contribution in [2.24, 2.45) is 5.92 Å². The van der Waals surface area contributed by atoms with Crippen molar-refractivity contribution in [1.29, 1.82) is 0 Å². The third kappa shape index (κ3) is 16.2. The number of Topliss-reactive ketones (excluding diaryl/α,β-unsaturated/α-hetero) is 8. The highest BCUT2D eigenvalue weighted by atomic mass is 32.2. The smallest absolute Gasteiger partial charge is 0.415 e. The second-order valence-electron chi connectivity index (χ2n) is 30.0. The molecule has 6 aromatic rings. The molecule has 4 aliphatic carbocycles. The van der Waals surface area contributed by atoms with Crippen LogP contribution in [0.1, 0.15) is 135 Å². The second kappa shape index (κ2) is 33.1. The van der Waals surface area contributed by atoms with Crippen LogP contribution in [0.3, 0.4) is 0 Å². The maximum atomic E-state index is 12.6. The van der Waals surface area contributed by atoms with Crippen LogP contribution in [0.4, 0.5) is 24.9 Å². The third-order valence-electron chi connectivity index (χ3n) is 21.9. The molecule has 4 saturated heterocycles. The second-order valence-corrected chi connectivity index (χ2v) is 34.0. The summed E-state index contributed by atoms with van der Waals surface area (Å²) in [6.45, 7) is 13.9. The van der Waals surface area contributed by atoms with Crippen molar-refractivity contribution >= 4 is 146 Å². The number of allylic oxidation sites excluding steroid dienone is 4. The number of benzene rings is 5. The quantitative estimate of drug-likeness (QED) is 0.124. The van der Waals surface area contributed by atoms with Gasteiger partial charge in [0.05, 0.1) is 24.8 Å². The van der Waals surface area contributed by atoms with Gasteiger partial charge in [-0.15, -0.1) is 47.0 Å². The summed E-state index contributed by atoms with van der Waals surface area (Å²) < 4.78 is 41.2. The van der Waals surface area contributed by atoms with Crippen molar-refractivity contribution < 1.29 is 90.7 Å². The Labute approximate surface area is 679 Å². The zero-order valence-corrected chi connectivity index (χ0v) is 66.5. The molecule has 4 fully saturated rings. The summed E-state index contributed by atoms with van der Waals surface area (Å²) in [5, 5.41) is 2.89. The topological polar surface area (TPSA) is 307 Å². The number of nitrogens with one attached hydrogen (secondary N) is 1. The average molecular weight is 1630 g/mol. The fourth-order valence-electron chi connectivity index (χ4n) is 15.3. The van der Waals surface area contributed by atoms with Crippen molar-refractivity contribution in [3.63, 3.8) is 0 Å². The Morgan fingerprint density at radius 1 is 0.426 bits per heavy atom. The number of carbonyl (C=O) groups excluding carboxylic acids is 12. The number of urea groups is 1. The standard InChI is InChI=1S/C23H21N3O4S.C23H19NO5S.C21H23NO5S.C19H17NO5S/c1-14-6-7-15(12-24-14)25-22(29)26-10-8-23(9-11-26)13-31-21-19(28)18(27)16-4-2-3-5-17(16)20(21)30-23;25-18-16-8-4-5-9-17(16)20-21(19(18)26)30-14-23(29-20)10-12-24(13-11-23)22(27)28-15-6-2-1-3-7-15;1-13(2)11-26-20(25)22-9-7-21(8-10-22)12-28-19-17(24)16(23)14-5-3-4-6-15(14)18(19)27-21;1-2-24-18(23)20-9-7-19(8-10-20)11-26-17-15(22)14(21)12-5-3-4-6-13(12)16(17)25-19/h2-7,12H,8-11,13H2,1H3,(H,25,29);1-9H,10-14H2;3-6,13H,7-12H2,1-2H3;2-6H,1,7-11H2. The van der Waals surface area contributed by atoms with E-state index in [9.17, 15) is 57.5 Å². The van der Waals surface area contributed by atoms with E-state index in [4.69, 9.17) is 33.2 Å². The first-order valence-electron chi connectivity index (χ1n) is 37.9. The summed E-state index contributed by atoms with van der Waals surface area (Å²) in [5.41, 5.74) is 4.03. The monoisotopic (exact) mass is 1630 g/mol. The Balaban J connectivity index is 0.000000121. The van der Waals surface area contributed by atoms with Gasteiger partial charge in [-0.25, -0.2) is 19.2 Å². The van der Waals surface area contributed by atoms with E-state index >= 15 is 0 Å². The molecule has 12 aliphatic rings. The number of nitrogens with zero attached hydrogens (tertiary/aromatic N) is 5. The van der Waals surface area contributed by atoms with Crippen LogP contribution in [0.2, 0.25) is 0 Å². The number of pyridine rings is 1. The highest BCUT2D eigenvalue weighted by Crippen LogP contribution is 2.52. The highest BCUT2D eigenvalue weighted by Gasteiger charge is 2.52. The van der Waals surface area contributed by atoms with E-state index in [1.807, 2.05) is 99.6 Å². The van der Waals surface area contributed by atoms with Gasteiger partial charge in [0.2, 0.25) is 46.3 Å². The van der Waals surface area contributed by atoms with Crippen LogP contribution in [0, 0.1) is 12.8 Å². The van der Waals surface area contributed by atoms with Crippen LogP contribution in [0.25, 0.3) is 23.0 Å². The number of thioether (sulfide) groups is 4. The van der Waals surface area contributed by atoms with Gasteiger partial charge in [0.1, 0.15) is 70.8 Å². The first kappa shape index (κ1) is 79.2. The number of aromatic nitrogens is 1. The highest BCUT2D eigenvalue weighted by molar-refractivity contribution is 8.05. The molecule has 592 valence electrons. The number of piperidine rings is 4. The Bertz CT molecular complexity index is 5180. The molecular formula is C86H80N6O19S4. The molecule has 4 spiro atoms. The van der Waals surface area contributed by atoms with E-state index in [0.717, 1.165) is 12.0 Å². The van der Waals surface area contributed by atoms with Gasteiger partial charge in [-0.3, -0.25) is 43.3 Å². The fraction of sp³-hybridized carbons (Fsp3) is 0.337. The molecule has 115 heavy (non-hydrogen) atoms. The number of para-hydroxylation sites is 1. The lowest BCUT2D eigenvalue weighted by Gasteiger charge is -2.45. The van der Waals surface area contributed by atoms with Gasteiger partial charge in [0.25, 0.3) is 0 Å². The van der Waals surface area contributed by atoms with Gasteiger partial charge in [0, 0.05) is 177 Å². The van der Waals surface area contributed by atoms with Gasteiger partial charge in [0.15, 0.2) is 0 Å². The third-order valence-corrected chi connectivity index (χ3v) is 27.2. The minimum atomic E-state index is -0.495. The number of hydrogen-bond acceptors (Lipinski definition) is 24. The molecule has 29 heteroatoms. The number of fused-ring (bicyclic) bond motifs is 8. The van der Waals surface area contributed by atoms with E-state index < -0.39 is 74.8 Å².